The molecular weight excluding hydrogens is 415 g/mol. The Labute approximate surface area is 186 Å². The van der Waals surface area contributed by atoms with Gasteiger partial charge in [0.05, 0.1) is 26.0 Å². The normalized spacial score (nSPS) is 24.7. The first-order valence-electron chi connectivity index (χ1n) is 10.4. The molecule has 170 valence electrons. The average molecular weight is 442 g/mol. The number of hydrogen-bond donors (Lipinski definition) is 1. The molecule has 1 fully saturated rings. The van der Waals surface area contributed by atoms with Gasteiger partial charge in [-0.15, -0.1) is 0 Å². The Morgan fingerprint density at radius 1 is 1.25 bits per heavy atom. The summed E-state index contributed by atoms with van der Waals surface area (Å²) in [5.74, 6) is 0.159. The lowest BCUT2D eigenvalue weighted by molar-refractivity contribution is -0.131. The molecule has 0 amide bonds. The van der Waals surface area contributed by atoms with Crippen molar-refractivity contribution in [3.05, 3.63) is 71.4 Å². The number of dihydropyridines is 1. The zero-order valence-corrected chi connectivity index (χ0v) is 18.5. The summed E-state index contributed by atoms with van der Waals surface area (Å²) in [7, 11) is 1.63. The maximum atomic E-state index is 14.1. The number of methoxy groups -OCH3 is 1. The minimum Gasteiger partial charge on any atom is -0.486 e. The van der Waals surface area contributed by atoms with Gasteiger partial charge in [0, 0.05) is 18.2 Å². The van der Waals surface area contributed by atoms with Crippen molar-refractivity contribution < 1.29 is 28.2 Å². The van der Waals surface area contributed by atoms with E-state index in [1.54, 1.807) is 13.2 Å². The third-order valence-electron chi connectivity index (χ3n) is 5.16. The summed E-state index contributed by atoms with van der Waals surface area (Å²) >= 11 is 0. The quantitative estimate of drug-likeness (QED) is 0.509. The van der Waals surface area contributed by atoms with Gasteiger partial charge in [0.15, 0.2) is 17.4 Å². The number of ether oxygens (including phenoxy) is 4. The number of rotatable bonds is 7. The molecule has 7 nitrogen and oxygen atoms in total. The summed E-state index contributed by atoms with van der Waals surface area (Å²) in [6, 6.07) is 4.21. The van der Waals surface area contributed by atoms with Gasteiger partial charge >= 0.3 is 0 Å². The van der Waals surface area contributed by atoms with Crippen LogP contribution in [-0.2, 0) is 14.2 Å². The van der Waals surface area contributed by atoms with Crippen molar-refractivity contribution in [3.8, 4) is 11.5 Å². The molecule has 3 aliphatic rings. The van der Waals surface area contributed by atoms with E-state index in [2.05, 4.69) is 16.5 Å². The molecule has 1 N–H and O–H groups in total. The van der Waals surface area contributed by atoms with E-state index in [0.717, 1.165) is 17.0 Å². The molecule has 1 saturated heterocycles. The highest BCUT2D eigenvalue weighted by Gasteiger charge is 2.31. The van der Waals surface area contributed by atoms with Crippen molar-refractivity contribution in [2.24, 2.45) is 5.16 Å². The Kier molecular flexibility index (Phi) is 6.34. The molecule has 4 rings (SSSR count). The number of nitrogens with one attached hydrogen (secondary N) is 1. The molecule has 2 aliphatic heterocycles. The van der Waals surface area contributed by atoms with Crippen LogP contribution in [0, 0.1) is 5.82 Å². The molecule has 1 aromatic rings. The summed E-state index contributed by atoms with van der Waals surface area (Å²) in [5, 5.41) is 7.17. The third kappa shape index (κ3) is 5.38. The fourth-order valence-corrected chi connectivity index (χ4v) is 3.56. The Balaban J connectivity index is 1.40. The van der Waals surface area contributed by atoms with Crippen LogP contribution in [0.3, 0.4) is 0 Å². The van der Waals surface area contributed by atoms with Crippen molar-refractivity contribution in [2.75, 3.05) is 13.7 Å². The van der Waals surface area contributed by atoms with E-state index in [4.69, 9.17) is 23.8 Å². The summed E-state index contributed by atoms with van der Waals surface area (Å²) in [6.07, 6.45) is 10.8. The first-order valence-corrected chi connectivity index (χ1v) is 10.4. The number of benzene rings is 1. The van der Waals surface area contributed by atoms with Crippen LogP contribution < -0.4 is 14.9 Å². The number of halogens is 1. The Morgan fingerprint density at radius 3 is 2.81 bits per heavy atom. The van der Waals surface area contributed by atoms with Crippen molar-refractivity contribution in [3.63, 3.8) is 0 Å². The number of nitrogens with zero attached hydrogens (tertiary/aromatic N) is 1. The Morgan fingerprint density at radius 2 is 2.06 bits per heavy atom. The van der Waals surface area contributed by atoms with Crippen LogP contribution in [0.1, 0.15) is 20.8 Å². The lowest BCUT2D eigenvalue weighted by atomic mass is 9.93. The highest BCUT2D eigenvalue weighted by atomic mass is 19.1. The third-order valence-corrected chi connectivity index (χ3v) is 5.16. The van der Waals surface area contributed by atoms with E-state index in [-0.39, 0.29) is 24.0 Å². The van der Waals surface area contributed by atoms with Crippen LogP contribution in [0.15, 0.2) is 70.8 Å². The van der Waals surface area contributed by atoms with Crippen molar-refractivity contribution in [1.29, 1.82) is 0 Å². The maximum absolute atomic E-state index is 14.1. The van der Waals surface area contributed by atoms with Gasteiger partial charge in [0.1, 0.15) is 23.8 Å². The number of allylic oxidation sites excluding steroid dienone is 2. The number of fused-ring (bicyclic) bond motifs is 1. The minimum atomic E-state index is -0.652. The molecule has 2 heterocycles. The van der Waals surface area contributed by atoms with Crippen LogP contribution in [0.25, 0.3) is 0 Å². The van der Waals surface area contributed by atoms with Gasteiger partial charge < -0.3 is 29.1 Å². The van der Waals surface area contributed by atoms with Crippen LogP contribution in [-0.4, -0.2) is 44.0 Å². The maximum Gasteiger partial charge on any atom is 0.187 e. The molecule has 1 aromatic carbocycles. The predicted molar refractivity (Wildman–Crippen MR) is 118 cm³/mol. The van der Waals surface area contributed by atoms with E-state index < -0.39 is 11.6 Å². The highest BCUT2D eigenvalue weighted by molar-refractivity contribution is 5.63. The van der Waals surface area contributed by atoms with Crippen molar-refractivity contribution in [2.45, 2.75) is 44.8 Å². The van der Waals surface area contributed by atoms with Gasteiger partial charge in [-0.25, -0.2) is 4.39 Å². The molecule has 32 heavy (non-hydrogen) atoms. The molecule has 0 saturated carbocycles. The minimum absolute atomic E-state index is 0.0535. The zero-order chi connectivity index (χ0) is 22.7. The molecule has 0 bridgehead atoms. The largest absolute Gasteiger partial charge is 0.486 e. The zero-order valence-electron chi connectivity index (χ0n) is 18.5. The molecule has 8 heteroatoms. The van der Waals surface area contributed by atoms with E-state index in [0.29, 0.717) is 12.4 Å². The van der Waals surface area contributed by atoms with Gasteiger partial charge in [0.2, 0.25) is 0 Å². The fraction of sp³-hybridized carbons (Fsp3) is 0.375. The number of hydrogen-bond acceptors (Lipinski definition) is 7. The van der Waals surface area contributed by atoms with Gasteiger partial charge in [-0.1, -0.05) is 23.4 Å². The van der Waals surface area contributed by atoms with E-state index in [1.807, 2.05) is 45.1 Å². The predicted octanol–water partition coefficient (Wildman–Crippen LogP) is 3.99. The highest BCUT2D eigenvalue weighted by Crippen LogP contribution is 2.28. The molecule has 3 atom stereocenters. The van der Waals surface area contributed by atoms with Crippen LogP contribution >= 0.6 is 0 Å². The monoisotopic (exact) mass is 442 g/mol. The average Bonchev–Trinajstić information content (AvgIpc) is 3.11. The molecule has 0 aromatic heterocycles. The summed E-state index contributed by atoms with van der Waals surface area (Å²) in [5.41, 5.74) is 2.06. The summed E-state index contributed by atoms with van der Waals surface area (Å²) in [4.78, 5) is 5.33. The van der Waals surface area contributed by atoms with Crippen LogP contribution in [0.5, 0.6) is 11.5 Å². The second-order valence-corrected chi connectivity index (χ2v) is 8.12. The van der Waals surface area contributed by atoms with Crippen LogP contribution in [0.2, 0.25) is 0 Å². The van der Waals surface area contributed by atoms with Crippen molar-refractivity contribution in [1.82, 2.24) is 5.32 Å². The van der Waals surface area contributed by atoms with Gasteiger partial charge in [-0.2, -0.15) is 0 Å². The second-order valence-electron chi connectivity index (χ2n) is 8.12. The van der Waals surface area contributed by atoms with E-state index in [1.165, 1.54) is 18.3 Å². The van der Waals surface area contributed by atoms with E-state index >= 15 is 0 Å². The number of oxime groups is 1. The van der Waals surface area contributed by atoms with Gasteiger partial charge in [-0.05, 0) is 44.1 Å². The molecule has 0 spiro atoms. The smallest absolute Gasteiger partial charge is 0.187 e. The lowest BCUT2D eigenvalue weighted by Gasteiger charge is -2.27. The molecule has 1 aliphatic carbocycles. The summed E-state index contributed by atoms with van der Waals surface area (Å²) in [6.45, 7) is 5.94. The van der Waals surface area contributed by atoms with Gasteiger partial charge in [0.25, 0.3) is 0 Å². The molecule has 2 unspecified atom stereocenters. The lowest BCUT2D eigenvalue weighted by Crippen LogP contribution is -2.33. The molecular formula is C24H27FN2O5. The van der Waals surface area contributed by atoms with E-state index in [9.17, 15) is 4.39 Å². The van der Waals surface area contributed by atoms with Crippen LogP contribution in [0.4, 0.5) is 4.39 Å². The van der Waals surface area contributed by atoms with Crippen molar-refractivity contribution >= 4 is 6.21 Å². The second kappa shape index (κ2) is 9.18. The first kappa shape index (κ1) is 22.1. The Bertz CT molecular complexity index is 1010. The fourth-order valence-electron chi connectivity index (χ4n) is 3.56. The first-order chi connectivity index (χ1) is 15.3. The van der Waals surface area contributed by atoms with Gasteiger partial charge in [-0.3, -0.25) is 0 Å². The topological polar surface area (TPSA) is 70.5 Å². The molecule has 0 radical (unpaired) electrons. The summed E-state index contributed by atoms with van der Waals surface area (Å²) < 4.78 is 36.4. The Hall–Kier alpha value is -3.10. The SMILES string of the molecule is COC1=CC=C2C=C(C(C)Oc3cc(F)cc(O/N=C\[C@@H]4COC(C)(C)O4)c3)C=CC2N1. The standard InChI is InChI=1S/C24H27FN2O5/c1-15(16-5-7-22-17(9-16)6-8-23(27-22)28-4)30-19-10-18(25)11-20(12-19)32-26-13-21-14-29-24(2,3)31-21/h5-13,15,21-22,27H,14H2,1-4H3/b26-13-/t15?,21-,22?/m1/s1.